The molecule has 0 aliphatic carbocycles. The molecule has 6 nitrogen and oxygen atoms in total. The van der Waals surface area contributed by atoms with Gasteiger partial charge in [0, 0.05) is 19.4 Å². The summed E-state index contributed by atoms with van der Waals surface area (Å²) in [4.78, 5) is 26.7. The second kappa shape index (κ2) is 3.88. The fourth-order valence-corrected chi connectivity index (χ4v) is 1.74. The highest BCUT2D eigenvalue weighted by atomic mass is 16.2. The Morgan fingerprint density at radius 3 is 3.00 bits per heavy atom. The van der Waals surface area contributed by atoms with Gasteiger partial charge in [-0.05, 0) is 6.42 Å². The van der Waals surface area contributed by atoms with E-state index in [4.69, 9.17) is 5.84 Å². The Morgan fingerprint density at radius 1 is 1.56 bits per heavy atom. The molecule has 0 bridgehead atoms. The third-order valence-electron chi connectivity index (χ3n) is 2.70. The van der Waals surface area contributed by atoms with Gasteiger partial charge in [-0.1, -0.05) is 4.98 Å². The molecule has 1 atom stereocenters. The van der Waals surface area contributed by atoms with Crippen LogP contribution < -0.4 is 15.8 Å². The summed E-state index contributed by atoms with van der Waals surface area (Å²) in [5.74, 6) is 5.28. The smallest absolute Gasteiger partial charge is 0.296 e. The summed E-state index contributed by atoms with van der Waals surface area (Å²) in [6.45, 7) is 1.83. The highest BCUT2D eigenvalue weighted by Gasteiger charge is 2.36. The number of imide groups is 1. The topological polar surface area (TPSA) is 89.0 Å². The van der Waals surface area contributed by atoms with Crippen molar-refractivity contribution in [3.63, 3.8) is 0 Å². The van der Waals surface area contributed by atoms with Crippen LogP contribution in [0.2, 0.25) is 0 Å². The lowest BCUT2D eigenvalue weighted by Gasteiger charge is -2.17. The number of piperidine rings is 1. The maximum atomic E-state index is 11.6. The van der Waals surface area contributed by atoms with Gasteiger partial charge in [-0.3, -0.25) is 20.7 Å². The van der Waals surface area contributed by atoms with Crippen LogP contribution >= 0.6 is 0 Å². The fraction of sp³-hybridized carbons (Fsp3) is 0.400. The molecule has 0 saturated carbocycles. The Labute approximate surface area is 92.4 Å². The second-order valence-electron chi connectivity index (χ2n) is 3.82. The SMILES string of the molecule is Cc1ccnc(C2CCC(=O)NC2=O)[n+]1N. The Bertz CT molecular complexity index is 458. The summed E-state index contributed by atoms with van der Waals surface area (Å²) >= 11 is 0. The van der Waals surface area contributed by atoms with Crippen LogP contribution in [0.1, 0.15) is 30.3 Å². The summed E-state index contributed by atoms with van der Waals surface area (Å²) in [6, 6.07) is 1.76. The summed E-state index contributed by atoms with van der Waals surface area (Å²) in [5.41, 5.74) is 0.815. The summed E-state index contributed by atoms with van der Waals surface area (Å²) < 4.78 is 1.39. The van der Waals surface area contributed by atoms with Gasteiger partial charge in [0.25, 0.3) is 0 Å². The van der Waals surface area contributed by atoms with E-state index < -0.39 is 5.92 Å². The molecule has 1 aliphatic rings. The van der Waals surface area contributed by atoms with Crippen LogP contribution in [0.15, 0.2) is 12.3 Å². The van der Waals surface area contributed by atoms with Crippen molar-refractivity contribution in [3.8, 4) is 0 Å². The van der Waals surface area contributed by atoms with Crippen LogP contribution in [0.3, 0.4) is 0 Å². The van der Waals surface area contributed by atoms with E-state index in [9.17, 15) is 9.59 Å². The zero-order valence-corrected chi connectivity index (χ0v) is 8.93. The van der Waals surface area contributed by atoms with Crippen molar-refractivity contribution in [1.29, 1.82) is 0 Å². The van der Waals surface area contributed by atoms with Gasteiger partial charge in [-0.15, -0.1) is 4.68 Å². The van der Waals surface area contributed by atoms with Gasteiger partial charge in [0.15, 0.2) is 0 Å². The normalized spacial score (nSPS) is 20.7. The predicted molar refractivity (Wildman–Crippen MR) is 54.4 cm³/mol. The van der Waals surface area contributed by atoms with Gasteiger partial charge in [0.1, 0.15) is 17.8 Å². The molecule has 2 amide bonds. The van der Waals surface area contributed by atoms with Crippen molar-refractivity contribution in [2.24, 2.45) is 0 Å². The number of nitrogens with zero attached hydrogens (tertiary/aromatic N) is 2. The molecule has 2 heterocycles. The molecular weight excluding hydrogens is 208 g/mol. The second-order valence-corrected chi connectivity index (χ2v) is 3.82. The molecule has 3 N–H and O–H groups in total. The molecule has 1 aromatic rings. The maximum absolute atomic E-state index is 11.6. The monoisotopic (exact) mass is 221 g/mol. The first-order valence-corrected chi connectivity index (χ1v) is 5.06. The van der Waals surface area contributed by atoms with Crippen molar-refractivity contribution in [1.82, 2.24) is 10.3 Å². The van der Waals surface area contributed by atoms with Gasteiger partial charge in [-0.25, -0.2) is 0 Å². The van der Waals surface area contributed by atoms with Crippen LogP contribution in [0.4, 0.5) is 0 Å². The van der Waals surface area contributed by atoms with E-state index in [-0.39, 0.29) is 11.8 Å². The Kier molecular flexibility index (Phi) is 2.55. The molecule has 16 heavy (non-hydrogen) atoms. The van der Waals surface area contributed by atoms with E-state index >= 15 is 0 Å². The van der Waals surface area contributed by atoms with Crippen molar-refractivity contribution in [2.75, 3.05) is 5.84 Å². The highest BCUT2D eigenvalue weighted by molar-refractivity contribution is 6.00. The molecule has 1 aromatic heterocycles. The molecule has 0 radical (unpaired) electrons. The summed E-state index contributed by atoms with van der Waals surface area (Å²) in [5, 5.41) is 2.29. The van der Waals surface area contributed by atoms with Gasteiger partial charge in [0.05, 0.1) is 0 Å². The Balaban J connectivity index is 2.34. The van der Waals surface area contributed by atoms with Crippen LogP contribution in [0, 0.1) is 6.92 Å². The van der Waals surface area contributed by atoms with Crippen LogP contribution in [0.5, 0.6) is 0 Å². The lowest BCUT2D eigenvalue weighted by atomic mass is 9.97. The minimum atomic E-state index is -0.442. The number of carbonyl (C=O) groups is 2. The number of amides is 2. The Hall–Kier alpha value is -1.98. The zero-order valence-electron chi connectivity index (χ0n) is 8.93. The summed E-state index contributed by atoms with van der Waals surface area (Å²) in [6.07, 6.45) is 2.39. The molecule has 2 rings (SSSR count). The van der Waals surface area contributed by atoms with Gasteiger partial charge < -0.3 is 0 Å². The molecule has 1 aliphatic heterocycles. The van der Waals surface area contributed by atoms with Crippen LogP contribution in [-0.4, -0.2) is 16.8 Å². The number of hydrogen-bond acceptors (Lipinski definition) is 4. The first-order chi connectivity index (χ1) is 7.59. The van der Waals surface area contributed by atoms with E-state index in [1.807, 2.05) is 6.92 Å². The van der Waals surface area contributed by atoms with E-state index in [0.29, 0.717) is 18.7 Å². The molecular formula is C10H13N4O2+. The standard InChI is InChI=1S/C10H12N4O2/c1-6-4-5-12-9(14(6)11)7-2-3-8(15)13-10(7)16/h4-5,7H,2-3,11H2,1H3/p+1. The fourth-order valence-electron chi connectivity index (χ4n) is 1.74. The van der Waals surface area contributed by atoms with E-state index in [1.54, 1.807) is 12.3 Å². The first-order valence-electron chi connectivity index (χ1n) is 5.06. The molecule has 6 heteroatoms. The quantitative estimate of drug-likeness (QED) is 0.358. The van der Waals surface area contributed by atoms with Crippen molar-refractivity contribution in [3.05, 3.63) is 23.8 Å². The van der Waals surface area contributed by atoms with Gasteiger partial charge in [-0.2, -0.15) is 0 Å². The highest BCUT2D eigenvalue weighted by Crippen LogP contribution is 2.20. The third kappa shape index (κ3) is 1.73. The van der Waals surface area contributed by atoms with Gasteiger partial charge >= 0.3 is 5.82 Å². The first kappa shape index (κ1) is 10.5. The molecule has 1 unspecified atom stereocenters. The zero-order chi connectivity index (χ0) is 11.7. The largest absolute Gasteiger partial charge is 0.333 e. The Morgan fingerprint density at radius 2 is 2.31 bits per heavy atom. The van der Waals surface area contributed by atoms with Crippen molar-refractivity contribution >= 4 is 11.8 Å². The van der Waals surface area contributed by atoms with E-state index in [2.05, 4.69) is 10.3 Å². The van der Waals surface area contributed by atoms with Crippen LogP contribution in [-0.2, 0) is 9.59 Å². The number of nitrogen functional groups attached to an aromatic ring is 1. The lowest BCUT2D eigenvalue weighted by molar-refractivity contribution is -0.657. The number of carbonyl (C=O) groups excluding carboxylic acids is 2. The molecule has 84 valence electrons. The molecule has 1 fully saturated rings. The summed E-state index contributed by atoms with van der Waals surface area (Å²) in [7, 11) is 0. The predicted octanol–water partition coefficient (Wildman–Crippen LogP) is -1.09. The van der Waals surface area contributed by atoms with Crippen molar-refractivity contribution in [2.45, 2.75) is 25.7 Å². The minimum absolute atomic E-state index is 0.238. The number of hydrogen-bond donors (Lipinski definition) is 2. The molecule has 0 spiro atoms. The van der Waals surface area contributed by atoms with E-state index in [1.165, 1.54) is 4.68 Å². The average Bonchev–Trinajstić information content (AvgIpc) is 2.23. The van der Waals surface area contributed by atoms with Crippen molar-refractivity contribution < 1.29 is 14.3 Å². The number of nitrogens with one attached hydrogen (secondary N) is 1. The lowest BCUT2D eigenvalue weighted by Crippen LogP contribution is -2.55. The minimum Gasteiger partial charge on any atom is -0.296 e. The maximum Gasteiger partial charge on any atom is 0.333 e. The number of nitrogens with two attached hydrogens (primary N) is 1. The van der Waals surface area contributed by atoms with Gasteiger partial charge in [0.2, 0.25) is 11.8 Å². The average molecular weight is 221 g/mol. The molecule has 0 aromatic carbocycles. The number of aryl methyl sites for hydroxylation is 1. The number of rotatable bonds is 1. The molecule has 1 saturated heterocycles. The third-order valence-corrected chi connectivity index (χ3v) is 2.70. The van der Waals surface area contributed by atoms with E-state index in [0.717, 1.165) is 5.69 Å². The number of aromatic nitrogens is 2. The van der Waals surface area contributed by atoms with Crippen LogP contribution in [0.25, 0.3) is 0 Å².